The lowest BCUT2D eigenvalue weighted by atomic mass is 9.44. The highest BCUT2D eigenvalue weighted by atomic mass is 16.7. The van der Waals surface area contributed by atoms with E-state index in [0.29, 0.717) is 19.3 Å². The highest BCUT2D eigenvalue weighted by molar-refractivity contribution is 5.89. The first kappa shape index (κ1) is 33.7. The van der Waals surface area contributed by atoms with Gasteiger partial charge in [-0.1, -0.05) is 46.3 Å². The molecule has 0 bridgehead atoms. The van der Waals surface area contributed by atoms with Crippen LogP contribution >= 0.6 is 0 Å². The lowest BCUT2D eigenvalue weighted by Crippen LogP contribution is -2.59. The smallest absolute Gasteiger partial charge is 0.186 e. The summed E-state index contributed by atoms with van der Waals surface area (Å²) in [6.45, 7) is 13.2. The fourth-order valence-corrected chi connectivity index (χ4v) is 11.6. The summed E-state index contributed by atoms with van der Waals surface area (Å²) in [6.07, 6.45) is -1.18. The minimum absolute atomic E-state index is 0.0233. The summed E-state index contributed by atoms with van der Waals surface area (Å²) in [5.74, 6) is -1.03. The van der Waals surface area contributed by atoms with Crippen LogP contribution in [-0.4, -0.2) is 97.3 Å². The molecule has 0 radical (unpaired) electrons. The van der Waals surface area contributed by atoms with Gasteiger partial charge in [0.25, 0.3) is 0 Å². The van der Waals surface area contributed by atoms with Crippen LogP contribution in [0.25, 0.3) is 0 Å². The molecule has 5 fully saturated rings. The molecule has 2 spiro atoms. The first-order valence-corrected chi connectivity index (χ1v) is 16.9. The van der Waals surface area contributed by atoms with Crippen LogP contribution in [-0.2, 0) is 19.1 Å². The number of hydrogen-bond acceptors (Lipinski definition) is 10. The Kier molecular flexibility index (Phi) is 7.76. The molecule has 5 aliphatic carbocycles. The maximum absolute atomic E-state index is 13.9. The minimum atomic E-state index is -1.57. The summed E-state index contributed by atoms with van der Waals surface area (Å²) < 4.78 is 11.9. The lowest BCUT2D eigenvalue weighted by molar-refractivity contribution is -0.301. The number of fused-ring (bicyclic) bond motifs is 2. The number of aliphatic hydroxyl groups is 6. The van der Waals surface area contributed by atoms with E-state index >= 15 is 0 Å². The van der Waals surface area contributed by atoms with Crippen molar-refractivity contribution in [2.75, 3.05) is 6.61 Å². The van der Waals surface area contributed by atoms with Crippen molar-refractivity contribution in [3.8, 4) is 0 Å². The van der Waals surface area contributed by atoms with Gasteiger partial charge in [-0.2, -0.15) is 0 Å². The number of hydrogen-bond donors (Lipinski definition) is 6. The number of allylic oxidation sites excluding steroid dienone is 1. The molecule has 4 saturated carbocycles. The van der Waals surface area contributed by atoms with E-state index in [1.165, 1.54) is 19.4 Å². The Morgan fingerprint density at radius 1 is 1.13 bits per heavy atom. The Hall–Kier alpha value is -1.24. The predicted octanol–water partition coefficient (Wildman–Crippen LogP) is 2.05. The number of carbonyl (C=O) groups excluding carboxylic acids is 2. The van der Waals surface area contributed by atoms with Gasteiger partial charge >= 0.3 is 0 Å². The van der Waals surface area contributed by atoms with Gasteiger partial charge in [-0.25, -0.2) is 0 Å². The SMILES string of the molecule is C[C@H](CC(=O)[C@H](O)C(C)(C)O)[C@H]1C(=O)C[C@@]2(C)C3=CC[C@H]4C(C)(C)[C@@H](O[C@@H]5OC[C@@H](O)[C@H](O)[C@H]5O)CC[C@@]45CC35[C@@H](O)C[C@]12C. The third-order valence-electron chi connectivity index (χ3n) is 14.1. The number of ketones is 2. The van der Waals surface area contributed by atoms with Crippen molar-refractivity contribution in [1.82, 2.24) is 0 Å². The highest BCUT2D eigenvalue weighted by Crippen LogP contribution is 2.87. The molecule has 6 aliphatic rings. The molecule has 0 aromatic heterocycles. The van der Waals surface area contributed by atoms with E-state index in [-0.39, 0.29) is 47.6 Å². The van der Waals surface area contributed by atoms with E-state index < -0.39 is 70.4 Å². The maximum atomic E-state index is 13.9. The maximum Gasteiger partial charge on any atom is 0.186 e. The highest BCUT2D eigenvalue weighted by Gasteiger charge is 2.84. The monoisotopic (exact) mass is 634 g/mol. The van der Waals surface area contributed by atoms with Gasteiger partial charge < -0.3 is 40.1 Å². The van der Waals surface area contributed by atoms with Gasteiger partial charge in [0.2, 0.25) is 0 Å². The average Bonchev–Trinajstić information content (AvgIpc) is 3.57. The Morgan fingerprint density at radius 2 is 1.80 bits per heavy atom. The molecule has 1 aliphatic heterocycles. The van der Waals surface area contributed by atoms with Gasteiger partial charge in [0, 0.05) is 29.6 Å². The standard InChI is InChI=1S/C35H54O10/c1-17(12-18(36)28(42)31(4,5)43)25-19(37)13-32(6)22-9-8-21-30(2,3)24(45-29-27(41)26(40)20(38)15-44-29)10-11-34(21)16-35(22,34)23(39)14-33(25,32)7/h9,17,20-21,23-29,38-43H,8,10-16H2,1-7H3/t17-,20-,21+,23+,24+,25+,26+,27-,28+,29+,32+,33-,34-,35?/m1/s1. The Balaban J connectivity index is 1.27. The molecule has 1 saturated heterocycles. The van der Waals surface area contributed by atoms with Crippen LogP contribution in [0.15, 0.2) is 11.6 Å². The number of ether oxygens (including phenoxy) is 2. The zero-order valence-electron chi connectivity index (χ0n) is 27.8. The van der Waals surface area contributed by atoms with E-state index in [4.69, 9.17) is 9.47 Å². The van der Waals surface area contributed by atoms with Crippen LogP contribution in [0.2, 0.25) is 0 Å². The number of carbonyl (C=O) groups is 2. The molecule has 10 nitrogen and oxygen atoms in total. The van der Waals surface area contributed by atoms with Crippen LogP contribution < -0.4 is 0 Å². The molecule has 6 rings (SSSR count). The average molecular weight is 635 g/mol. The van der Waals surface area contributed by atoms with Gasteiger partial charge in [0.05, 0.1) is 24.4 Å². The van der Waals surface area contributed by atoms with E-state index in [9.17, 15) is 40.2 Å². The van der Waals surface area contributed by atoms with E-state index in [1.54, 1.807) is 0 Å². The van der Waals surface area contributed by atoms with Crippen molar-refractivity contribution in [3.05, 3.63) is 11.6 Å². The fourth-order valence-electron chi connectivity index (χ4n) is 11.6. The molecule has 1 unspecified atom stereocenters. The van der Waals surface area contributed by atoms with Crippen molar-refractivity contribution in [2.45, 2.75) is 142 Å². The van der Waals surface area contributed by atoms with E-state index in [2.05, 4.69) is 33.8 Å². The zero-order chi connectivity index (χ0) is 33.3. The van der Waals surface area contributed by atoms with Crippen molar-refractivity contribution < 1.29 is 49.7 Å². The van der Waals surface area contributed by atoms with Gasteiger partial charge in [-0.05, 0) is 74.0 Å². The molecule has 0 aromatic rings. The second kappa shape index (κ2) is 10.4. The summed E-state index contributed by atoms with van der Waals surface area (Å²) in [6, 6.07) is 0. The van der Waals surface area contributed by atoms with Crippen LogP contribution in [0, 0.1) is 44.8 Å². The Morgan fingerprint density at radius 3 is 2.44 bits per heavy atom. The lowest BCUT2D eigenvalue weighted by Gasteiger charge is -2.61. The fraction of sp³-hybridized carbons (Fsp3) is 0.886. The molecule has 1 heterocycles. The Bertz CT molecular complexity index is 1270. The number of Topliss-reactive ketones (excluding diaryl/α,β-unsaturated/α-hetero) is 2. The van der Waals surface area contributed by atoms with Crippen molar-refractivity contribution in [3.63, 3.8) is 0 Å². The summed E-state index contributed by atoms with van der Waals surface area (Å²) in [7, 11) is 0. The molecule has 14 atom stereocenters. The van der Waals surface area contributed by atoms with Crippen LogP contribution in [0.1, 0.15) is 93.4 Å². The van der Waals surface area contributed by atoms with Crippen molar-refractivity contribution in [2.24, 2.45) is 44.8 Å². The molecule has 0 aromatic carbocycles. The van der Waals surface area contributed by atoms with Crippen LogP contribution in [0.5, 0.6) is 0 Å². The number of aliphatic hydroxyl groups excluding tert-OH is 5. The summed E-state index contributed by atoms with van der Waals surface area (Å²) in [4.78, 5) is 26.9. The molecule has 45 heavy (non-hydrogen) atoms. The predicted molar refractivity (Wildman–Crippen MR) is 162 cm³/mol. The molecule has 6 N–H and O–H groups in total. The molecule has 10 heteroatoms. The van der Waals surface area contributed by atoms with Crippen molar-refractivity contribution >= 4 is 11.6 Å². The van der Waals surface area contributed by atoms with E-state index in [1.807, 2.05) is 6.92 Å². The third kappa shape index (κ3) is 4.42. The molecular formula is C35H54O10. The van der Waals surface area contributed by atoms with E-state index in [0.717, 1.165) is 19.3 Å². The van der Waals surface area contributed by atoms with Crippen LogP contribution in [0.4, 0.5) is 0 Å². The largest absolute Gasteiger partial charge is 0.392 e. The van der Waals surface area contributed by atoms with Gasteiger partial charge in [0.1, 0.15) is 30.2 Å². The van der Waals surface area contributed by atoms with Crippen LogP contribution in [0.3, 0.4) is 0 Å². The molecular weight excluding hydrogens is 580 g/mol. The summed E-state index contributed by atoms with van der Waals surface area (Å²) in [5, 5.41) is 63.4. The quantitative estimate of drug-likeness (QED) is 0.228. The number of rotatable bonds is 7. The molecule has 0 amide bonds. The topological polar surface area (TPSA) is 174 Å². The molecule has 254 valence electrons. The summed E-state index contributed by atoms with van der Waals surface area (Å²) in [5.41, 5.74) is -2.37. The second-order valence-corrected chi connectivity index (χ2v) is 17.2. The minimum Gasteiger partial charge on any atom is -0.392 e. The first-order valence-electron chi connectivity index (χ1n) is 16.9. The third-order valence-corrected chi connectivity index (χ3v) is 14.1. The van der Waals surface area contributed by atoms with Gasteiger partial charge in [-0.15, -0.1) is 0 Å². The normalized spacial score (nSPS) is 50.0. The van der Waals surface area contributed by atoms with Gasteiger partial charge in [-0.3, -0.25) is 9.59 Å². The first-order chi connectivity index (χ1) is 20.7. The van der Waals surface area contributed by atoms with Crippen molar-refractivity contribution in [1.29, 1.82) is 0 Å². The van der Waals surface area contributed by atoms with Gasteiger partial charge in [0.15, 0.2) is 12.1 Å². The zero-order valence-corrected chi connectivity index (χ0v) is 27.8. The Labute approximate surface area is 266 Å². The second-order valence-electron chi connectivity index (χ2n) is 17.2. The summed E-state index contributed by atoms with van der Waals surface area (Å²) >= 11 is 0.